The topological polar surface area (TPSA) is 124 Å². The molecule has 9 heteroatoms. The van der Waals surface area contributed by atoms with Gasteiger partial charge in [-0.3, -0.25) is 19.2 Å². The molecule has 3 N–H and O–H groups in total. The second-order valence-corrected chi connectivity index (χ2v) is 6.91. The number of carboxylic acid groups (broad SMARTS) is 1. The molecule has 0 bridgehead atoms. The molecule has 152 valence electrons. The lowest BCUT2D eigenvalue weighted by atomic mass is 9.89. The van der Waals surface area contributed by atoms with Gasteiger partial charge in [0, 0.05) is 0 Å². The molecule has 29 heavy (non-hydrogen) atoms. The number of hydrogen-bond acceptors (Lipinski definition) is 6. The fraction of sp³-hybridized carbons (Fsp3) is 0.200. The zero-order valence-corrected chi connectivity index (χ0v) is 16.5. The van der Waals surface area contributed by atoms with Gasteiger partial charge < -0.3 is 15.6 Å². The molecule has 2 rings (SSSR count). The Balaban J connectivity index is 2.34. The summed E-state index contributed by atoms with van der Waals surface area (Å²) in [4.78, 5) is 49.2. The van der Waals surface area contributed by atoms with Crippen LogP contribution in [-0.4, -0.2) is 34.7 Å². The Bertz CT molecular complexity index is 912. The van der Waals surface area contributed by atoms with Gasteiger partial charge in [0.05, 0.1) is 28.1 Å². The SMILES string of the molecule is N[C@@H](CC(=O)O)C(=O)C(C(=O)OCc1ccccc1)C(=O)c1c(Cl)cccc1Cl. The maximum atomic E-state index is 13.0. The van der Waals surface area contributed by atoms with Gasteiger partial charge >= 0.3 is 11.9 Å². The Morgan fingerprint density at radius 3 is 2.10 bits per heavy atom. The number of Topliss-reactive ketones (excluding diaryl/α,β-unsaturated/α-hetero) is 2. The quantitative estimate of drug-likeness (QED) is 0.351. The third-order valence-electron chi connectivity index (χ3n) is 3.98. The maximum Gasteiger partial charge on any atom is 0.324 e. The van der Waals surface area contributed by atoms with E-state index in [2.05, 4.69) is 0 Å². The first-order chi connectivity index (χ1) is 13.7. The third kappa shape index (κ3) is 5.87. The average Bonchev–Trinajstić information content (AvgIpc) is 2.66. The molecule has 0 aliphatic heterocycles. The first-order valence-corrected chi connectivity index (χ1v) is 9.17. The molecule has 0 heterocycles. The van der Waals surface area contributed by atoms with E-state index in [0.717, 1.165) is 0 Å². The Morgan fingerprint density at radius 2 is 1.55 bits per heavy atom. The second kappa shape index (κ2) is 10.2. The van der Waals surface area contributed by atoms with Gasteiger partial charge in [-0.2, -0.15) is 0 Å². The third-order valence-corrected chi connectivity index (χ3v) is 4.61. The van der Waals surface area contributed by atoms with Crippen LogP contribution in [0.15, 0.2) is 48.5 Å². The number of carboxylic acids is 1. The minimum Gasteiger partial charge on any atom is -0.481 e. The molecule has 1 unspecified atom stereocenters. The van der Waals surface area contributed by atoms with Crippen LogP contribution in [-0.2, 0) is 25.7 Å². The van der Waals surface area contributed by atoms with E-state index >= 15 is 0 Å². The van der Waals surface area contributed by atoms with Crippen LogP contribution in [0.5, 0.6) is 0 Å². The highest BCUT2D eigenvalue weighted by Gasteiger charge is 2.40. The second-order valence-electron chi connectivity index (χ2n) is 6.09. The standard InChI is InChI=1S/C20H17Cl2NO6/c21-12-7-4-8-13(22)16(12)19(27)17(18(26)14(23)9-15(24)25)20(28)29-10-11-5-2-1-3-6-11/h1-8,14,17H,9-10,23H2,(H,24,25)/t14-,17?/m0/s1. The fourth-order valence-corrected chi connectivity index (χ4v) is 3.13. The predicted molar refractivity (Wildman–Crippen MR) is 106 cm³/mol. The van der Waals surface area contributed by atoms with E-state index in [0.29, 0.717) is 5.56 Å². The summed E-state index contributed by atoms with van der Waals surface area (Å²) in [6, 6.07) is 11.2. The molecule has 0 aliphatic rings. The number of hydrogen-bond donors (Lipinski definition) is 2. The van der Waals surface area contributed by atoms with E-state index in [1.54, 1.807) is 30.3 Å². The summed E-state index contributed by atoms with van der Waals surface area (Å²) in [5.41, 5.74) is 5.99. The molecular weight excluding hydrogens is 421 g/mol. The molecule has 2 aromatic carbocycles. The summed E-state index contributed by atoms with van der Waals surface area (Å²) >= 11 is 12.0. The Morgan fingerprint density at radius 1 is 0.966 bits per heavy atom. The number of benzene rings is 2. The molecule has 0 aromatic heterocycles. The zero-order valence-electron chi connectivity index (χ0n) is 15.0. The Labute approximate surface area is 176 Å². The zero-order chi connectivity index (χ0) is 21.6. The number of aliphatic carboxylic acids is 1. The first kappa shape index (κ1) is 22.5. The van der Waals surface area contributed by atoms with Gasteiger partial charge in [0.25, 0.3) is 0 Å². The van der Waals surface area contributed by atoms with Crippen molar-refractivity contribution in [1.29, 1.82) is 0 Å². The van der Waals surface area contributed by atoms with Crippen molar-refractivity contribution < 1.29 is 29.0 Å². The molecule has 0 saturated carbocycles. The molecule has 2 atom stereocenters. The monoisotopic (exact) mass is 437 g/mol. The van der Waals surface area contributed by atoms with Gasteiger partial charge in [-0.25, -0.2) is 0 Å². The van der Waals surface area contributed by atoms with Crippen LogP contribution < -0.4 is 5.73 Å². The number of carbonyl (C=O) groups excluding carboxylic acids is 3. The van der Waals surface area contributed by atoms with E-state index in [4.69, 9.17) is 38.8 Å². The van der Waals surface area contributed by atoms with Crippen LogP contribution >= 0.6 is 23.2 Å². The lowest BCUT2D eigenvalue weighted by molar-refractivity contribution is -0.152. The van der Waals surface area contributed by atoms with Crippen molar-refractivity contribution in [3.63, 3.8) is 0 Å². The lowest BCUT2D eigenvalue weighted by Crippen LogP contribution is -2.44. The Hall–Kier alpha value is -2.74. The van der Waals surface area contributed by atoms with Gasteiger partial charge in [0.2, 0.25) is 0 Å². The number of ether oxygens (including phenoxy) is 1. The fourth-order valence-electron chi connectivity index (χ4n) is 2.54. The van der Waals surface area contributed by atoms with E-state index in [1.807, 2.05) is 0 Å². The van der Waals surface area contributed by atoms with Crippen molar-refractivity contribution in [2.24, 2.45) is 11.7 Å². The van der Waals surface area contributed by atoms with E-state index in [1.165, 1.54) is 18.2 Å². The van der Waals surface area contributed by atoms with E-state index in [9.17, 15) is 19.2 Å². The molecule has 0 amide bonds. The summed E-state index contributed by atoms with van der Waals surface area (Å²) in [5, 5.41) is 8.74. The summed E-state index contributed by atoms with van der Waals surface area (Å²) in [6.45, 7) is -0.193. The van der Waals surface area contributed by atoms with Crippen LogP contribution in [0.4, 0.5) is 0 Å². The highest BCUT2D eigenvalue weighted by molar-refractivity contribution is 6.41. The van der Waals surface area contributed by atoms with Crippen LogP contribution in [0, 0.1) is 5.92 Å². The minimum absolute atomic E-state index is 0.0667. The van der Waals surface area contributed by atoms with Gasteiger partial charge in [-0.05, 0) is 17.7 Å². The van der Waals surface area contributed by atoms with Crippen molar-refractivity contribution >= 4 is 46.7 Å². The van der Waals surface area contributed by atoms with Crippen LogP contribution in [0.3, 0.4) is 0 Å². The van der Waals surface area contributed by atoms with E-state index < -0.39 is 41.9 Å². The smallest absolute Gasteiger partial charge is 0.324 e. The first-order valence-electron chi connectivity index (χ1n) is 8.42. The number of carbonyl (C=O) groups is 4. The van der Waals surface area contributed by atoms with Crippen molar-refractivity contribution in [1.82, 2.24) is 0 Å². The van der Waals surface area contributed by atoms with Crippen LogP contribution in [0.25, 0.3) is 0 Å². The maximum absolute atomic E-state index is 13.0. The number of halogens is 2. The number of rotatable bonds is 9. The summed E-state index contributed by atoms with van der Waals surface area (Å²) in [6.07, 6.45) is -0.759. The summed E-state index contributed by atoms with van der Waals surface area (Å²) < 4.78 is 5.12. The number of ketones is 2. The highest BCUT2D eigenvalue weighted by Crippen LogP contribution is 2.28. The molecule has 0 fully saturated rings. The van der Waals surface area contributed by atoms with Crippen molar-refractivity contribution in [3.8, 4) is 0 Å². The van der Waals surface area contributed by atoms with Crippen LogP contribution in [0.2, 0.25) is 10.0 Å². The van der Waals surface area contributed by atoms with Gasteiger partial charge in [0.1, 0.15) is 6.61 Å². The molecule has 0 radical (unpaired) electrons. The van der Waals surface area contributed by atoms with Crippen LogP contribution in [0.1, 0.15) is 22.3 Å². The van der Waals surface area contributed by atoms with Gasteiger partial charge in [-0.15, -0.1) is 0 Å². The molecule has 0 spiro atoms. The molecular formula is C20H17Cl2NO6. The van der Waals surface area contributed by atoms with Crippen molar-refractivity contribution in [2.45, 2.75) is 19.1 Å². The summed E-state index contributed by atoms with van der Waals surface area (Å²) in [5.74, 6) is -6.62. The predicted octanol–water partition coefficient (Wildman–Crippen LogP) is 2.91. The lowest BCUT2D eigenvalue weighted by Gasteiger charge is -2.18. The molecule has 2 aromatic rings. The highest BCUT2D eigenvalue weighted by atomic mass is 35.5. The number of nitrogens with two attached hydrogens (primary N) is 1. The normalized spacial score (nSPS) is 12.7. The average molecular weight is 438 g/mol. The summed E-state index contributed by atoms with van der Waals surface area (Å²) in [7, 11) is 0. The number of esters is 1. The van der Waals surface area contributed by atoms with Crippen molar-refractivity contribution in [2.75, 3.05) is 0 Å². The van der Waals surface area contributed by atoms with Gasteiger partial charge in [0.15, 0.2) is 17.5 Å². The molecule has 7 nitrogen and oxygen atoms in total. The van der Waals surface area contributed by atoms with Crippen molar-refractivity contribution in [3.05, 3.63) is 69.7 Å². The minimum atomic E-state index is -1.99. The Kier molecular flexibility index (Phi) is 7.90. The van der Waals surface area contributed by atoms with E-state index in [-0.39, 0.29) is 22.2 Å². The molecule has 0 saturated heterocycles. The largest absolute Gasteiger partial charge is 0.481 e. The van der Waals surface area contributed by atoms with Gasteiger partial charge in [-0.1, -0.05) is 59.6 Å². The molecule has 0 aliphatic carbocycles.